The molecule has 1 aliphatic rings. The summed E-state index contributed by atoms with van der Waals surface area (Å²) in [5.41, 5.74) is 6.11. The lowest BCUT2D eigenvalue weighted by molar-refractivity contribution is 0.0453. The molecule has 4 N–H and O–H groups in total. The first-order valence-electron chi connectivity index (χ1n) is 5.72. The van der Waals surface area contributed by atoms with Crippen LogP contribution in [0.4, 0.5) is 5.69 Å². The minimum absolute atomic E-state index is 0.140. The molecule has 5 nitrogen and oxygen atoms in total. The number of anilines is 1. The van der Waals surface area contributed by atoms with E-state index in [1.54, 1.807) is 12.1 Å². The summed E-state index contributed by atoms with van der Waals surface area (Å²) in [4.78, 5) is 0.140. The summed E-state index contributed by atoms with van der Waals surface area (Å²) in [6.07, 6.45) is 1.00. The van der Waals surface area contributed by atoms with Gasteiger partial charge in [-0.25, -0.2) is 13.1 Å². The quantitative estimate of drug-likeness (QED) is 0.656. The molecule has 0 aliphatic heterocycles. The molecule has 8 heteroatoms. The van der Waals surface area contributed by atoms with Crippen LogP contribution in [0.25, 0.3) is 0 Å². The van der Waals surface area contributed by atoms with E-state index in [1.165, 1.54) is 0 Å². The second-order valence-corrected chi connectivity index (χ2v) is 8.07. The van der Waals surface area contributed by atoms with Crippen LogP contribution in [-0.4, -0.2) is 26.2 Å². The Balaban J connectivity index is 2.15. The van der Waals surface area contributed by atoms with Crippen molar-refractivity contribution in [3.63, 3.8) is 0 Å². The molecule has 0 saturated heterocycles. The number of hydrogen-bond acceptors (Lipinski definition) is 4. The molecule has 0 unspecified atom stereocenters. The summed E-state index contributed by atoms with van der Waals surface area (Å²) in [5.74, 6) is 0.205. The molecule has 0 amide bonds. The predicted octanol–water partition coefficient (Wildman–Crippen LogP) is 1.84. The van der Waals surface area contributed by atoms with Crippen molar-refractivity contribution >= 4 is 47.6 Å². The zero-order valence-corrected chi connectivity index (χ0v) is 13.9. The molecule has 1 aromatic rings. The van der Waals surface area contributed by atoms with Gasteiger partial charge in [-0.15, -0.1) is 0 Å². The highest BCUT2D eigenvalue weighted by molar-refractivity contribution is 9.11. The lowest BCUT2D eigenvalue weighted by atomic mass is 9.83. The van der Waals surface area contributed by atoms with Gasteiger partial charge in [0.1, 0.15) is 4.90 Å². The van der Waals surface area contributed by atoms with Crippen LogP contribution in [0.2, 0.25) is 0 Å². The second-order valence-electron chi connectivity index (χ2n) is 4.66. The maximum atomic E-state index is 12.2. The van der Waals surface area contributed by atoms with Crippen LogP contribution >= 0.6 is 31.9 Å². The molecule has 0 spiro atoms. The van der Waals surface area contributed by atoms with Crippen molar-refractivity contribution in [1.82, 2.24) is 4.72 Å². The van der Waals surface area contributed by atoms with Crippen LogP contribution < -0.4 is 10.5 Å². The number of nitrogens with one attached hydrogen (secondary N) is 1. The summed E-state index contributed by atoms with van der Waals surface area (Å²) in [6, 6.07) is 3.10. The van der Waals surface area contributed by atoms with Crippen molar-refractivity contribution in [3.05, 3.63) is 21.1 Å². The van der Waals surface area contributed by atoms with Crippen LogP contribution in [0.15, 0.2) is 26.0 Å². The Morgan fingerprint density at radius 1 is 1.32 bits per heavy atom. The van der Waals surface area contributed by atoms with E-state index in [-0.39, 0.29) is 16.9 Å². The monoisotopic (exact) mass is 412 g/mol. The van der Waals surface area contributed by atoms with E-state index < -0.39 is 10.0 Å². The van der Waals surface area contributed by atoms with Crippen LogP contribution in [-0.2, 0) is 10.0 Å². The van der Waals surface area contributed by atoms with Crippen molar-refractivity contribution < 1.29 is 13.5 Å². The molecule has 106 valence electrons. The van der Waals surface area contributed by atoms with Crippen molar-refractivity contribution in [2.24, 2.45) is 5.92 Å². The average molecular weight is 414 g/mol. The fourth-order valence-electron chi connectivity index (χ4n) is 2.00. The average Bonchev–Trinajstić information content (AvgIpc) is 2.20. The highest BCUT2D eigenvalue weighted by Gasteiger charge is 2.29. The minimum Gasteiger partial charge on any atom is -0.399 e. The number of hydrogen-bond donors (Lipinski definition) is 3. The molecule has 0 heterocycles. The maximum absolute atomic E-state index is 12.2. The van der Waals surface area contributed by atoms with Gasteiger partial charge in [0, 0.05) is 21.2 Å². The third-order valence-electron chi connectivity index (χ3n) is 3.06. The molecular weight excluding hydrogens is 400 g/mol. The first-order chi connectivity index (χ1) is 8.79. The Morgan fingerprint density at radius 2 is 1.84 bits per heavy atom. The van der Waals surface area contributed by atoms with Crippen LogP contribution in [0, 0.1) is 5.92 Å². The first-order valence-corrected chi connectivity index (χ1v) is 8.79. The standard InChI is InChI=1S/C11H14Br2N2O3S/c12-9-3-7(14)4-10(13)11(9)19(17,18)15-5-6-1-8(16)2-6/h3-4,6,8,15-16H,1-2,5,14H2. The molecule has 0 atom stereocenters. The van der Waals surface area contributed by atoms with Gasteiger partial charge < -0.3 is 10.8 Å². The summed E-state index contributed by atoms with van der Waals surface area (Å²) in [7, 11) is -3.61. The number of aliphatic hydroxyl groups excluding tert-OH is 1. The zero-order chi connectivity index (χ0) is 14.2. The Labute approximate surface area is 128 Å². The van der Waals surface area contributed by atoms with Gasteiger partial charge in [-0.1, -0.05) is 0 Å². The number of sulfonamides is 1. The number of aliphatic hydroxyl groups is 1. The van der Waals surface area contributed by atoms with E-state index >= 15 is 0 Å². The van der Waals surface area contributed by atoms with Crippen molar-refractivity contribution in [1.29, 1.82) is 0 Å². The van der Waals surface area contributed by atoms with E-state index in [9.17, 15) is 13.5 Å². The molecule has 1 fully saturated rings. The number of halogens is 2. The first kappa shape index (κ1) is 15.2. The summed E-state index contributed by atoms with van der Waals surface area (Å²) >= 11 is 6.42. The SMILES string of the molecule is Nc1cc(Br)c(S(=O)(=O)NCC2CC(O)C2)c(Br)c1. The Bertz CT molecular complexity index is 563. The van der Waals surface area contributed by atoms with Gasteiger partial charge in [0.15, 0.2) is 0 Å². The lowest BCUT2D eigenvalue weighted by Crippen LogP contribution is -2.38. The third kappa shape index (κ3) is 3.49. The van der Waals surface area contributed by atoms with Crippen molar-refractivity contribution in [3.8, 4) is 0 Å². The van der Waals surface area contributed by atoms with Gasteiger partial charge in [0.25, 0.3) is 0 Å². The van der Waals surface area contributed by atoms with Gasteiger partial charge >= 0.3 is 0 Å². The molecular formula is C11H14Br2N2O3S. The Hall–Kier alpha value is -0.150. The fraction of sp³-hybridized carbons (Fsp3) is 0.455. The van der Waals surface area contributed by atoms with Crippen LogP contribution in [0.3, 0.4) is 0 Å². The molecule has 1 aromatic carbocycles. The Kier molecular flexibility index (Phi) is 4.56. The zero-order valence-electron chi connectivity index (χ0n) is 9.94. The summed E-state index contributed by atoms with van der Waals surface area (Å²) < 4.78 is 27.9. The minimum atomic E-state index is -3.61. The van der Waals surface area contributed by atoms with Crippen molar-refractivity contribution in [2.75, 3.05) is 12.3 Å². The topological polar surface area (TPSA) is 92.4 Å². The molecule has 2 rings (SSSR count). The maximum Gasteiger partial charge on any atom is 0.242 e. The van der Waals surface area contributed by atoms with Gasteiger partial charge in [0.05, 0.1) is 6.10 Å². The molecule has 0 radical (unpaired) electrons. The molecule has 1 saturated carbocycles. The predicted molar refractivity (Wildman–Crippen MR) is 80.2 cm³/mol. The summed E-state index contributed by atoms with van der Waals surface area (Å²) in [5, 5.41) is 9.18. The number of nitrogens with two attached hydrogens (primary N) is 1. The normalized spacial score (nSPS) is 23.1. The van der Waals surface area contributed by atoms with Gasteiger partial charge in [-0.3, -0.25) is 0 Å². The number of rotatable bonds is 4. The molecule has 19 heavy (non-hydrogen) atoms. The van der Waals surface area contributed by atoms with E-state index in [0.717, 1.165) is 0 Å². The van der Waals surface area contributed by atoms with E-state index in [4.69, 9.17) is 5.73 Å². The third-order valence-corrected chi connectivity index (χ3v) is 6.36. The lowest BCUT2D eigenvalue weighted by Gasteiger charge is -2.31. The highest BCUT2D eigenvalue weighted by atomic mass is 79.9. The largest absolute Gasteiger partial charge is 0.399 e. The smallest absolute Gasteiger partial charge is 0.242 e. The fourth-order valence-corrected chi connectivity index (χ4v) is 5.73. The number of nitrogen functional groups attached to an aromatic ring is 1. The van der Waals surface area contributed by atoms with E-state index in [2.05, 4.69) is 36.6 Å². The molecule has 0 aromatic heterocycles. The Morgan fingerprint density at radius 3 is 2.32 bits per heavy atom. The molecule has 0 bridgehead atoms. The van der Waals surface area contributed by atoms with Crippen LogP contribution in [0.1, 0.15) is 12.8 Å². The van der Waals surface area contributed by atoms with Gasteiger partial charge in [-0.2, -0.15) is 0 Å². The van der Waals surface area contributed by atoms with Gasteiger partial charge in [-0.05, 0) is 62.8 Å². The van der Waals surface area contributed by atoms with Crippen LogP contribution in [0.5, 0.6) is 0 Å². The van der Waals surface area contributed by atoms with E-state index in [0.29, 0.717) is 34.0 Å². The van der Waals surface area contributed by atoms with Crippen molar-refractivity contribution in [2.45, 2.75) is 23.8 Å². The van der Waals surface area contributed by atoms with E-state index in [1.807, 2.05) is 0 Å². The molecule has 1 aliphatic carbocycles. The summed E-state index contributed by atoms with van der Waals surface area (Å²) in [6.45, 7) is 0.336. The highest BCUT2D eigenvalue weighted by Crippen LogP contribution is 2.33. The van der Waals surface area contributed by atoms with Gasteiger partial charge in [0.2, 0.25) is 10.0 Å². The number of benzene rings is 1. The second kappa shape index (κ2) is 5.69.